The van der Waals surface area contributed by atoms with Gasteiger partial charge in [-0.1, -0.05) is 47.4 Å². The Labute approximate surface area is 151 Å². The second kappa shape index (κ2) is 11.8. The van der Waals surface area contributed by atoms with E-state index >= 15 is 0 Å². The summed E-state index contributed by atoms with van der Waals surface area (Å²) in [4.78, 5) is 8.06. The molecule has 0 atom stereocenters. The minimum atomic E-state index is 0.478. The van der Waals surface area contributed by atoms with Crippen molar-refractivity contribution in [3.63, 3.8) is 0 Å². The van der Waals surface area contributed by atoms with Gasteiger partial charge in [-0.05, 0) is 24.5 Å². The van der Waals surface area contributed by atoms with E-state index in [1.165, 1.54) is 5.56 Å². The highest BCUT2D eigenvalue weighted by atomic mass is 15.3. The van der Waals surface area contributed by atoms with Gasteiger partial charge in [0.05, 0.1) is 11.9 Å². The Hall–Kier alpha value is -2.69. The van der Waals surface area contributed by atoms with Crippen molar-refractivity contribution in [1.29, 1.82) is 0 Å². The molecule has 0 unspecified atom stereocenters. The average molecular weight is 342 g/mol. The highest BCUT2D eigenvalue weighted by molar-refractivity contribution is 5.51. The van der Waals surface area contributed by atoms with Crippen LogP contribution in [0.3, 0.4) is 0 Å². The fourth-order valence-corrected chi connectivity index (χ4v) is 2.03. The van der Waals surface area contributed by atoms with Crippen LogP contribution in [0.15, 0.2) is 43.3 Å². The molecule has 0 aliphatic heterocycles. The minimum Gasteiger partial charge on any atom is -0.293 e. The van der Waals surface area contributed by atoms with Crippen LogP contribution in [0, 0.1) is 6.92 Å². The Bertz CT molecular complexity index is 748. The van der Waals surface area contributed by atoms with E-state index in [0.717, 1.165) is 11.3 Å². The SMILES string of the molecule is C=Cc1c(C(C)C)cnn1C=C.C=Cn1cc(C)cnc1=NC.CC. The summed E-state index contributed by atoms with van der Waals surface area (Å²) in [6.45, 7) is 21.3. The molecule has 0 fully saturated rings. The van der Waals surface area contributed by atoms with Gasteiger partial charge in [-0.25, -0.2) is 9.67 Å². The summed E-state index contributed by atoms with van der Waals surface area (Å²) in [5, 5.41) is 4.15. The summed E-state index contributed by atoms with van der Waals surface area (Å²) in [5.41, 5.74) is 4.02. The largest absolute Gasteiger partial charge is 0.293 e. The van der Waals surface area contributed by atoms with Crippen molar-refractivity contribution in [3.8, 4) is 0 Å². The molecule has 2 aromatic heterocycles. The Morgan fingerprint density at radius 1 is 1.12 bits per heavy atom. The van der Waals surface area contributed by atoms with Crippen molar-refractivity contribution in [3.05, 3.63) is 60.8 Å². The zero-order chi connectivity index (χ0) is 19.4. The molecule has 2 aromatic rings. The number of nitrogens with zero attached hydrogens (tertiary/aromatic N) is 5. The lowest BCUT2D eigenvalue weighted by Crippen LogP contribution is -2.19. The van der Waals surface area contributed by atoms with Gasteiger partial charge in [0.1, 0.15) is 0 Å². The highest BCUT2D eigenvalue weighted by Gasteiger charge is 2.08. The van der Waals surface area contributed by atoms with E-state index in [1.54, 1.807) is 34.9 Å². The minimum absolute atomic E-state index is 0.478. The van der Waals surface area contributed by atoms with Crippen LogP contribution in [0.2, 0.25) is 0 Å². The van der Waals surface area contributed by atoms with Crippen LogP contribution >= 0.6 is 0 Å². The predicted molar refractivity (Wildman–Crippen MR) is 109 cm³/mol. The smallest absolute Gasteiger partial charge is 0.228 e. The van der Waals surface area contributed by atoms with Gasteiger partial charge in [0.2, 0.25) is 5.62 Å². The summed E-state index contributed by atoms with van der Waals surface area (Å²) in [5.74, 6) is 0.478. The number of hydrogen-bond acceptors (Lipinski definition) is 3. The van der Waals surface area contributed by atoms with Crippen LogP contribution in [0.5, 0.6) is 0 Å². The normalized spacial score (nSPS) is 10.3. The second-order valence-electron chi connectivity index (χ2n) is 5.22. The number of aryl methyl sites for hydroxylation is 1. The lowest BCUT2D eigenvalue weighted by molar-refractivity contribution is 0.861. The molecule has 5 nitrogen and oxygen atoms in total. The van der Waals surface area contributed by atoms with Crippen molar-refractivity contribution in [1.82, 2.24) is 19.3 Å². The highest BCUT2D eigenvalue weighted by Crippen LogP contribution is 2.19. The van der Waals surface area contributed by atoms with Crippen molar-refractivity contribution in [2.45, 2.75) is 40.5 Å². The van der Waals surface area contributed by atoms with Crippen LogP contribution in [0.4, 0.5) is 0 Å². The molecule has 0 saturated carbocycles. The van der Waals surface area contributed by atoms with E-state index in [2.05, 4.69) is 48.7 Å². The maximum absolute atomic E-state index is 4.15. The molecule has 2 rings (SSSR count). The third-order valence-electron chi connectivity index (χ3n) is 3.21. The summed E-state index contributed by atoms with van der Waals surface area (Å²) in [7, 11) is 1.71. The maximum atomic E-state index is 4.15. The van der Waals surface area contributed by atoms with Crippen LogP contribution in [-0.2, 0) is 0 Å². The monoisotopic (exact) mass is 341 g/mol. The Morgan fingerprint density at radius 3 is 2.20 bits per heavy atom. The summed E-state index contributed by atoms with van der Waals surface area (Å²) >= 11 is 0. The van der Waals surface area contributed by atoms with Gasteiger partial charge < -0.3 is 0 Å². The van der Waals surface area contributed by atoms with E-state index < -0.39 is 0 Å². The number of hydrogen-bond donors (Lipinski definition) is 0. The standard InChI is InChI=1S/C10H14N2.C8H11N3.C2H6/c1-5-10-9(8(3)4)7-11-12(10)6-2;1-4-11-6-7(2)5-10-8(11)9-3;1-2/h5-8H,1-2H2,3-4H3;4-6H,1H2,2-3H3;1-2H3. The molecule has 136 valence electrons. The van der Waals surface area contributed by atoms with E-state index in [4.69, 9.17) is 0 Å². The first-order chi connectivity index (χ1) is 12.0. The Kier molecular flexibility index (Phi) is 10.5. The average Bonchev–Trinajstić information content (AvgIpc) is 3.07. The topological polar surface area (TPSA) is 48.0 Å². The number of aromatic nitrogens is 4. The molecular formula is C20H31N5. The summed E-state index contributed by atoms with van der Waals surface area (Å²) in [6.07, 6.45) is 10.8. The Morgan fingerprint density at radius 2 is 1.76 bits per heavy atom. The molecule has 0 saturated heterocycles. The van der Waals surface area contributed by atoms with Crippen molar-refractivity contribution < 1.29 is 0 Å². The summed E-state index contributed by atoms with van der Waals surface area (Å²) < 4.78 is 3.53. The van der Waals surface area contributed by atoms with Gasteiger partial charge >= 0.3 is 0 Å². The van der Waals surface area contributed by atoms with Crippen LogP contribution in [-0.4, -0.2) is 26.4 Å². The first-order valence-corrected chi connectivity index (χ1v) is 8.41. The zero-order valence-electron chi connectivity index (χ0n) is 16.4. The van der Waals surface area contributed by atoms with Crippen molar-refractivity contribution in [2.75, 3.05) is 7.05 Å². The van der Waals surface area contributed by atoms with Crippen molar-refractivity contribution >= 4 is 18.5 Å². The number of rotatable bonds is 4. The van der Waals surface area contributed by atoms with E-state index in [0.29, 0.717) is 11.5 Å². The first-order valence-electron chi connectivity index (χ1n) is 8.41. The predicted octanol–water partition coefficient (Wildman–Crippen LogP) is 4.60. The quantitative estimate of drug-likeness (QED) is 0.816. The van der Waals surface area contributed by atoms with Crippen LogP contribution in [0.1, 0.15) is 50.4 Å². The molecule has 0 N–H and O–H groups in total. The van der Waals surface area contributed by atoms with Gasteiger partial charge in [-0.2, -0.15) is 5.10 Å². The fourth-order valence-electron chi connectivity index (χ4n) is 2.03. The van der Waals surface area contributed by atoms with E-state index in [1.807, 2.05) is 39.2 Å². The third-order valence-corrected chi connectivity index (χ3v) is 3.21. The molecule has 0 aliphatic rings. The van der Waals surface area contributed by atoms with Gasteiger partial charge in [0.25, 0.3) is 0 Å². The lowest BCUT2D eigenvalue weighted by atomic mass is 10.0. The molecule has 25 heavy (non-hydrogen) atoms. The van der Waals surface area contributed by atoms with E-state index in [-0.39, 0.29) is 0 Å². The molecule has 0 bridgehead atoms. The molecule has 0 radical (unpaired) electrons. The van der Waals surface area contributed by atoms with Crippen molar-refractivity contribution in [2.24, 2.45) is 4.99 Å². The molecule has 0 spiro atoms. The molecule has 0 amide bonds. The lowest BCUT2D eigenvalue weighted by Gasteiger charge is -2.03. The fraction of sp³-hybridized carbons (Fsp3) is 0.350. The van der Waals surface area contributed by atoms with Crippen LogP contribution < -0.4 is 5.62 Å². The maximum Gasteiger partial charge on any atom is 0.228 e. The molecule has 2 heterocycles. The zero-order valence-corrected chi connectivity index (χ0v) is 16.4. The molecule has 5 heteroatoms. The van der Waals surface area contributed by atoms with Gasteiger partial charge in [-0.15, -0.1) is 0 Å². The van der Waals surface area contributed by atoms with Gasteiger partial charge in [-0.3, -0.25) is 9.56 Å². The second-order valence-corrected chi connectivity index (χ2v) is 5.22. The van der Waals surface area contributed by atoms with Crippen LogP contribution in [0.25, 0.3) is 18.5 Å². The van der Waals surface area contributed by atoms with E-state index in [9.17, 15) is 0 Å². The Balaban J connectivity index is 0.000000421. The first kappa shape index (κ1) is 22.3. The van der Waals surface area contributed by atoms with Gasteiger partial charge in [0.15, 0.2) is 0 Å². The van der Waals surface area contributed by atoms with Gasteiger partial charge in [0, 0.05) is 37.4 Å². The third kappa shape index (κ3) is 6.37. The molecule has 0 aliphatic carbocycles. The molecule has 0 aromatic carbocycles. The molecular weight excluding hydrogens is 310 g/mol. The summed E-state index contributed by atoms with van der Waals surface area (Å²) in [6, 6.07) is 0.